The van der Waals surface area contributed by atoms with Crippen LogP contribution < -0.4 is 11.0 Å². The van der Waals surface area contributed by atoms with Crippen LogP contribution in [-0.2, 0) is 16.4 Å². The molecule has 2 rings (SSSR count). The molecule has 0 radical (unpaired) electrons. The van der Waals surface area contributed by atoms with Gasteiger partial charge in [-0.15, -0.1) is 13.2 Å². The summed E-state index contributed by atoms with van der Waals surface area (Å²) in [4.78, 5) is 11.3. The van der Waals surface area contributed by atoms with Crippen LogP contribution in [-0.4, -0.2) is 28.4 Å². The standard InChI is InChI=1S/C12H18BNO3.C2H4.H2O/c1-11(2)12(3,4)17-13(16-11)9-6-7-10(15)14(5)8-9;1-2;/h6-8H,1-5H3;1-2H2;1H2. The Bertz CT molecular complexity index is 494. The third-order valence-corrected chi connectivity index (χ3v) is 3.63. The topological polar surface area (TPSA) is 72.0 Å². The lowest BCUT2D eigenvalue weighted by Gasteiger charge is -2.32. The highest BCUT2D eigenvalue weighted by Gasteiger charge is 2.51. The molecule has 1 aromatic heterocycles. The van der Waals surface area contributed by atoms with Crippen LogP contribution in [0.2, 0.25) is 0 Å². The molecule has 0 aliphatic carbocycles. The number of aromatic nitrogens is 1. The van der Waals surface area contributed by atoms with Crippen molar-refractivity contribution < 1.29 is 14.8 Å². The smallest absolute Gasteiger partial charge is 0.412 e. The summed E-state index contributed by atoms with van der Waals surface area (Å²) < 4.78 is 13.3. The van der Waals surface area contributed by atoms with Gasteiger partial charge in [0, 0.05) is 19.3 Å². The Morgan fingerprint density at radius 1 is 1.10 bits per heavy atom. The Labute approximate surface area is 120 Å². The first kappa shape index (κ1) is 18.6. The number of hydrogen-bond donors (Lipinski definition) is 0. The van der Waals surface area contributed by atoms with E-state index in [0.29, 0.717) is 0 Å². The molecule has 112 valence electrons. The van der Waals surface area contributed by atoms with Gasteiger partial charge in [-0.25, -0.2) is 0 Å². The molecule has 2 heterocycles. The van der Waals surface area contributed by atoms with E-state index in [9.17, 15) is 4.79 Å². The highest BCUT2D eigenvalue weighted by Crippen LogP contribution is 2.36. The van der Waals surface area contributed by atoms with Crippen molar-refractivity contribution in [2.24, 2.45) is 7.05 Å². The van der Waals surface area contributed by atoms with Gasteiger partial charge in [0.1, 0.15) is 0 Å². The fraction of sp³-hybridized carbons (Fsp3) is 0.500. The number of pyridine rings is 1. The van der Waals surface area contributed by atoms with E-state index in [-0.39, 0.29) is 22.2 Å². The molecule has 5 nitrogen and oxygen atoms in total. The largest absolute Gasteiger partial charge is 0.496 e. The molecule has 2 N–H and O–H groups in total. The van der Waals surface area contributed by atoms with Crippen LogP contribution in [0.25, 0.3) is 0 Å². The maximum Gasteiger partial charge on any atom is 0.496 e. The van der Waals surface area contributed by atoms with Crippen LogP contribution in [0.1, 0.15) is 27.7 Å². The Kier molecular flexibility index (Phi) is 5.95. The van der Waals surface area contributed by atoms with Crippen molar-refractivity contribution >= 4 is 12.6 Å². The van der Waals surface area contributed by atoms with Crippen molar-refractivity contribution in [3.05, 3.63) is 41.8 Å². The average molecular weight is 281 g/mol. The molecule has 1 saturated heterocycles. The maximum atomic E-state index is 11.3. The van der Waals surface area contributed by atoms with Gasteiger partial charge >= 0.3 is 7.12 Å². The molecule has 1 fully saturated rings. The van der Waals surface area contributed by atoms with Crippen LogP contribution in [0.5, 0.6) is 0 Å². The molecule has 1 aliphatic heterocycles. The van der Waals surface area contributed by atoms with Crippen LogP contribution in [0.4, 0.5) is 0 Å². The van der Waals surface area contributed by atoms with Crippen LogP contribution >= 0.6 is 0 Å². The zero-order chi connectivity index (χ0) is 14.8. The summed E-state index contributed by atoms with van der Waals surface area (Å²) in [5.74, 6) is 0. The van der Waals surface area contributed by atoms with E-state index in [1.165, 1.54) is 10.6 Å². The van der Waals surface area contributed by atoms with Gasteiger partial charge in [0.25, 0.3) is 0 Å². The summed E-state index contributed by atoms with van der Waals surface area (Å²) in [6.45, 7) is 14.0. The van der Waals surface area contributed by atoms with E-state index >= 15 is 0 Å². The Morgan fingerprint density at radius 2 is 1.55 bits per heavy atom. The molecule has 1 aromatic rings. The van der Waals surface area contributed by atoms with E-state index in [1.54, 1.807) is 19.3 Å². The fourth-order valence-electron chi connectivity index (χ4n) is 1.73. The second kappa shape index (κ2) is 6.39. The SMILES string of the molecule is C=C.Cn1cc(B2OC(C)(C)C(C)(C)O2)ccc1=O.O. The van der Waals surface area contributed by atoms with Crippen molar-refractivity contribution in [2.75, 3.05) is 0 Å². The van der Waals surface area contributed by atoms with E-state index in [2.05, 4.69) is 13.2 Å². The molecule has 1 aliphatic rings. The average Bonchev–Trinajstić information content (AvgIpc) is 2.55. The first-order valence-electron chi connectivity index (χ1n) is 6.25. The van der Waals surface area contributed by atoms with Gasteiger partial charge in [0.2, 0.25) is 5.56 Å². The van der Waals surface area contributed by atoms with E-state index in [0.717, 1.165) is 5.46 Å². The lowest BCUT2D eigenvalue weighted by molar-refractivity contribution is 0.00578. The zero-order valence-corrected chi connectivity index (χ0v) is 12.9. The van der Waals surface area contributed by atoms with Crippen molar-refractivity contribution in [3.8, 4) is 0 Å². The number of nitrogens with zero attached hydrogens (tertiary/aromatic N) is 1. The van der Waals surface area contributed by atoms with Crippen molar-refractivity contribution in [1.82, 2.24) is 4.57 Å². The van der Waals surface area contributed by atoms with Gasteiger partial charge in [0.05, 0.1) is 11.2 Å². The third-order valence-electron chi connectivity index (χ3n) is 3.63. The van der Waals surface area contributed by atoms with E-state index in [4.69, 9.17) is 9.31 Å². The minimum Gasteiger partial charge on any atom is -0.412 e. The molecule has 0 atom stereocenters. The first-order valence-corrected chi connectivity index (χ1v) is 6.25. The Morgan fingerprint density at radius 3 is 1.95 bits per heavy atom. The fourth-order valence-corrected chi connectivity index (χ4v) is 1.73. The van der Waals surface area contributed by atoms with Crippen LogP contribution in [0.15, 0.2) is 36.3 Å². The summed E-state index contributed by atoms with van der Waals surface area (Å²) >= 11 is 0. The third kappa shape index (κ3) is 3.39. The quantitative estimate of drug-likeness (QED) is 0.561. The second-order valence-corrected chi connectivity index (χ2v) is 5.50. The molecule has 0 bridgehead atoms. The molecular weight excluding hydrogens is 257 g/mol. The summed E-state index contributed by atoms with van der Waals surface area (Å²) in [5.41, 5.74) is 0.120. The summed E-state index contributed by atoms with van der Waals surface area (Å²) in [6, 6.07) is 3.28. The van der Waals surface area contributed by atoms with Gasteiger partial charge in [-0.2, -0.15) is 0 Å². The number of aryl methyl sites for hydroxylation is 1. The number of rotatable bonds is 1. The van der Waals surface area contributed by atoms with Crippen molar-refractivity contribution in [1.29, 1.82) is 0 Å². The predicted octanol–water partition coefficient (Wildman–Crippen LogP) is 0.662. The minimum atomic E-state index is -0.410. The minimum absolute atomic E-state index is 0. The number of hydrogen-bond acceptors (Lipinski definition) is 3. The zero-order valence-electron chi connectivity index (χ0n) is 12.9. The van der Waals surface area contributed by atoms with Gasteiger partial charge in [-0.1, -0.05) is 6.07 Å². The second-order valence-electron chi connectivity index (χ2n) is 5.50. The monoisotopic (exact) mass is 281 g/mol. The van der Waals surface area contributed by atoms with E-state index in [1.807, 2.05) is 27.7 Å². The molecule has 0 unspecified atom stereocenters. The van der Waals surface area contributed by atoms with Crippen LogP contribution in [0, 0.1) is 0 Å². The molecular formula is C14H24BNO4. The molecule has 0 saturated carbocycles. The lowest BCUT2D eigenvalue weighted by Crippen LogP contribution is -2.41. The molecule has 20 heavy (non-hydrogen) atoms. The maximum absolute atomic E-state index is 11.3. The van der Waals surface area contributed by atoms with Gasteiger partial charge in [0.15, 0.2) is 0 Å². The summed E-state index contributed by atoms with van der Waals surface area (Å²) in [6.07, 6.45) is 1.75. The van der Waals surface area contributed by atoms with E-state index < -0.39 is 7.12 Å². The highest BCUT2D eigenvalue weighted by atomic mass is 16.7. The summed E-state index contributed by atoms with van der Waals surface area (Å²) in [5, 5.41) is 0. The van der Waals surface area contributed by atoms with Gasteiger partial charge in [-0.3, -0.25) is 4.79 Å². The van der Waals surface area contributed by atoms with Gasteiger partial charge in [-0.05, 0) is 33.2 Å². The molecule has 0 spiro atoms. The first-order chi connectivity index (χ1) is 8.73. The normalized spacial score (nSPS) is 18.8. The summed E-state index contributed by atoms with van der Waals surface area (Å²) in [7, 11) is 1.31. The molecule has 0 amide bonds. The molecule has 0 aromatic carbocycles. The Balaban J connectivity index is 0.00000115. The highest BCUT2D eigenvalue weighted by molar-refractivity contribution is 6.62. The van der Waals surface area contributed by atoms with Gasteiger partial charge < -0.3 is 19.4 Å². The van der Waals surface area contributed by atoms with Crippen molar-refractivity contribution in [3.63, 3.8) is 0 Å². The van der Waals surface area contributed by atoms with Crippen molar-refractivity contribution in [2.45, 2.75) is 38.9 Å². The Hall–Kier alpha value is -1.37. The lowest BCUT2D eigenvalue weighted by atomic mass is 9.80. The van der Waals surface area contributed by atoms with Crippen LogP contribution in [0.3, 0.4) is 0 Å². The predicted molar refractivity (Wildman–Crippen MR) is 82.3 cm³/mol. The molecule has 6 heteroatoms.